The van der Waals surface area contributed by atoms with Crippen LogP contribution in [0, 0.1) is 5.92 Å². The molecule has 6 heteroatoms. The molecule has 1 saturated carbocycles. The molecule has 0 aromatic heterocycles. The van der Waals surface area contributed by atoms with Crippen LogP contribution < -0.4 is 10.6 Å². The number of benzene rings is 1. The Morgan fingerprint density at radius 1 is 1.19 bits per heavy atom. The molecule has 1 saturated heterocycles. The van der Waals surface area contributed by atoms with Gasteiger partial charge in [0.05, 0.1) is 31.2 Å². The second-order valence-electron chi connectivity index (χ2n) is 7.70. The largest absolute Gasteiger partial charge is 0.394 e. The van der Waals surface area contributed by atoms with E-state index < -0.39 is 6.10 Å². The van der Waals surface area contributed by atoms with Crippen LogP contribution in [-0.4, -0.2) is 41.8 Å². The summed E-state index contributed by atoms with van der Waals surface area (Å²) in [5.41, 5.74) is 1.06. The Labute approximate surface area is 160 Å². The fourth-order valence-electron chi connectivity index (χ4n) is 3.75. The highest BCUT2D eigenvalue weighted by molar-refractivity contribution is 5.79. The number of hydrogen-bond acceptors (Lipinski definition) is 4. The monoisotopic (exact) mass is 374 g/mol. The van der Waals surface area contributed by atoms with E-state index in [-0.39, 0.29) is 48.9 Å². The van der Waals surface area contributed by atoms with Crippen molar-refractivity contribution in [1.29, 1.82) is 0 Å². The lowest BCUT2D eigenvalue weighted by Crippen LogP contribution is -2.53. The van der Waals surface area contributed by atoms with Crippen molar-refractivity contribution in [2.45, 2.75) is 69.7 Å². The Balaban J connectivity index is 1.46. The molecule has 0 bridgehead atoms. The van der Waals surface area contributed by atoms with Crippen LogP contribution in [0.1, 0.15) is 57.1 Å². The molecule has 6 nitrogen and oxygen atoms in total. The minimum Gasteiger partial charge on any atom is -0.394 e. The molecule has 148 valence electrons. The van der Waals surface area contributed by atoms with Crippen LogP contribution in [0.3, 0.4) is 0 Å². The third-order valence-corrected chi connectivity index (χ3v) is 5.69. The predicted octanol–water partition coefficient (Wildman–Crippen LogP) is 2.08. The quantitative estimate of drug-likeness (QED) is 0.682. The number of carbonyl (C=O) groups is 2. The molecule has 4 atom stereocenters. The fraction of sp³-hybridized carbons (Fsp3) is 0.619. The molecule has 1 aromatic carbocycles. The lowest BCUT2D eigenvalue weighted by atomic mass is 9.84. The summed E-state index contributed by atoms with van der Waals surface area (Å²) in [6, 6.07) is 9.58. The fourth-order valence-corrected chi connectivity index (χ4v) is 3.75. The zero-order valence-electron chi connectivity index (χ0n) is 15.9. The molecule has 0 radical (unpaired) electrons. The highest BCUT2D eigenvalue weighted by atomic mass is 16.5. The molecular weight excluding hydrogens is 344 g/mol. The van der Waals surface area contributed by atoms with Crippen LogP contribution in [0.4, 0.5) is 0 Å². The van der Waals surface area contributed by atoms with E-state index in [1.54, 1.807) is 0 Å². The SMILES string of the molecule is C[C@@H](NC(=O)C[C@H]1CC[C@@H](NC(=O)C2CCC2)[C@@H](CO)O1)c1ccccc1. The number of rotatable bonds is 7. The summed E-state index contributed by atoms with van der Waals surface area (Å²) in [6.07, 6.45) is 4.00. The summed E-state index contributed by atoms with van der Waals surface area (Å²) in [6.45, 7) is 1.80. The van der Waals surface area contributed by atoms with Gasteiger partial charge in [-0.3, -0.25) is 9.59 Å². The summed E-state index contributed by atoms with van der Waals surface area (Å²) in [7, 11) is 0. The highest BCUT2D eigenvalue weighted by Gasteiger charge is 2.35. The van der Waals surface area contributed by atoms with Crippen LogP contribution >= 0.6 is 0 Å². The number of aliphatic hydroxyl groups is 1. The molecule has 1 aliphatic carbocycles. The highest BCUT2D eigenvalue weighted by Crippen LogP contribution is 2.28. The summed E-state index contributed by atoms with van der Waals surface area (Å²) in [5.74, 6) is 0.124. The van der Waals surface area contributed by atoms with Gasteiger partial charge in [0.1, 0.15) is 6.10 Å². The van der Waals surface area contributed by atoms with Crippen molar-refractivity contribution in [3.8, 4) is 0 Å². The second-order valence-corrected chi connectivity index (χ2v) is 7.70. The lowest BCUT2D eigenvalue weighted by Gasteiger charge is -2.37. The van der Waals surface area contributed by atoms with Crippen LogP contribution in [0.2, 0.25) is 0 Å². The van der Waals surface area contributed by atoms with Gasteiger partial charge in [-0.1, -0.05) is 36.8 Å². The molecule has 1 heterocycles. The molecular formula is C21H30N2O4. The van der Waals surface area contributed by atoms with Crippen molar-refractivity contribution in [3.63, 3.8) is 0 Å². The van der Waals surface area contributed by atoms with Gasteiger partial charge in [0, 0.05) is 5.92 Å². The van der Waals surface area contributed by atoms with Crippen molar-refractivity contribution < 1.29 is 19.4 Å². The van der Waals surface area contributed by atoms with Gasteiger partial charge >= 0.3 is 0 Å². The lowest BCUT2D eigenvalue weighted by molar-refractivity contribution is -0.139. The number of amides is 2. The maximum Gasteiger partial charge on any atom is 0.223 e. The topological polar surface area (TPSA) is 87.7 Å². The molecule has 2 aliphatic rings. The van der Waals surface area contributed by atoms with Gasteiger partial charge in [-0.15, -0.1) is 0 Å². The van der Waals surface area contributed by atoms with Crippen molar-refractivity contribution in [2.75, 3.05) is 6.61 Å². The third-order valence-electron chi connectivity index (χ3n) is 5.69. The molecule has 0 spiro atoms. The third kappa shape index (κ3) is 5.30. The predicted molar refractivity (Wildman–Crippen MR) is 102 cm³/mol. The average Bonchev–Trinajstić information content (AvgIpc) is 2.62. The number of nitrogens with one attached hydrogen (secondary N) is 2. The zero-order valence-corrected chi connectivity index (χ0v) is 15.9. The summed E-state index contributed by atoms with van der Waals surface area (Å²) in [4.78, 5) is 24.5. The van der Waals surface area contributed by atoms with Crippen LogP contribution in [0.5, 0.6) is 0 Å². The molecule has 0 unspecified atom stereocenters. The van der Waals surface area contributed by atoms with Crippen molar-refractivity contribution in [3.05, 3.63) is 35.9 Å². The number of ether oxygens (including phenoxy) is 1. The molecule has 1 aromatic rings. The Bertz CT molecular complexity index is 632. The average molecular weight is 374 g/mol. The van der Waals surface area contributed by atoms with Gasteiger partial charge in [0.15, 0.2) is 0 Å². The van der Waals surface area contributed by atoms with Crippen molar-refractivity contribution in [1.82, 2.24) is 10.6 Å². The van der Waals surface area contributed by atoms with Crippen LogP contribution in [0.25, 0.3) is 0 Å². The van der Waals surface area contributed by atoms with E-state index in [1.165, 1.54) is 0 Å². The minimum absolute atomic E-state index is 0.0644. The van der Waals surface area contributed by atoms with E-state index in [2.05, 4.69) is 10.6 Å². The number of carbonyl (C=O) groups excluding carboxylic acids is 2. The Kier molecular flexibility index (Phi) is 6.85. The van der Waals surface area contributed by atoms with Gasteiger partial charge in [-0.05, 0) is 38.2 Å². The summed E-state index contributed by atoms with van der Waals surface area (Å²) in [5, 5.41) is 15.7. The van der Waals surface area contributed by atoms with E-state index >= 15 is 0 Å². The molecule has 3 N–H and O–H groups in total. The maximum atomic E-state index is 12.4. The normalized spacial score (nSPS) is 26.7. The van der Waals surface area contributed by atoms with E-state index in [0.29, 0.717) is 6.42 Å². The van der Waals surface area contributed by atoms with Crippen LogP contribution in [-0.2, 0) is 14.3 Å². The molecule has 2 fully saturated rings. The van der Waals surface area contributed by atoms with E-state index in [4.69, 9.17) is 4.74 Å². The van der Waals surface area contributed by atoms with Gasteiger partial charge in [-0.2, -0.15) is 0 Å². The first kappa shape index (κ1) is 19.8. The van der Waals surface area contributed by atoms with Gasteiger partial charge in [-0.25, -0.2) is 0 Å². The van der Waals surface area contributed by atoms with Crippen LogP contribution in [0.15, 0.2) is 30.3 Å². The Morgan fingerprint density at radius 3 is 2.56 bits per heavy atom. The minimum atomic E-state index is -0.452. The molecule has 3 rings (SSSR count). The number of hydrogen-bond donors (Lipinski definition) is 3. The number of aliphatic hydroxyl groups excluding tert-OH is 1. The summed E-state index contributed by atoms with van der Waals surface area (Å²) >= 11 is 0. The molecule has 27 heavy (non-hydrogen) atoms. The molecule has 2 amide bonds. The Hall–Kier alpha value is -1.92. The van der Waals surface area contributed by atoms with Gasteiger partial charge in [0.2, 0.25) is 11.8 Å². The van der Waals surface area contributed by atoms with E-state index in [9.17, 15) is 14.7 Å². The first-order valence-corrected chi connectivity index (χ1v) is 9.97. The smallest absolute Gasteiger partial charge is 0.223 e. The first-order chi connectivity index (χ1) is 13.1. The van der Waals surface area contributed by atoms with Gasteiger partial charge in [0.25, 0.3) is 0 Å². The first-order valence-electron chi connectivity index (χ1n) is 9.97. The summed E-state index contributed by atoms with van der Waals surface area (Å²) < 4.78 is 5.91. The van der Waals surface area contributed by atoms with E-state index in [1.807, 2.05) is 37.3 Å². The van der Waals surface area contributed by atoms with Crippen molar-refractivity contribution in [2.24, 2.45) is 5.92 Å². The molecule has 1 aliphatic heterocycles. The van der Waals surface area contributed by atoms with E-state index in [0.717, 1.165) is 31.2 Å². The zero-order chi connectivity index (χ0) is 19.2. The Morgan fingerprint density at radius 2 is 1.93 bits per heavy atom. The second kappa shape index (κ2) is 9.33. The van der Waals surface area contributed by atoms with Crippen molar-refractivity contribution >= 4 is 11.8 Å². The standard InChI is InChI=1S/C21H30N2O4/c1-14(15-6-3-2-4-7-15)22-20(25)12-17-10-11-18(19(13-24)27-17)23-21(26)16-8-5-9-16/h2-4,6-7,14,16-19,24H,5,8-13H2,1H3,(H,22,25)(H,23,26)/t14-,17-,18-,19-/m1/s1. The maximum absolute atomic E-state index is 12.4. The van der Waals surface area contributed by atoms with Gasteiger partial charge < -0.3 is 20.5 Å².